The van der Waals surface area contributed by atoms with E-state index in [9.17, 15) is 0 Å². The van der Waals surface area contributed by atoms with E-state index >= 15 is 0 Å². The Morgan fingerprint density at radius 2 is 2.24 bits per heavy atom. The van der Waals surface area contributed by atoms with Crippen molar-refractivity contribution >= 4 is 75.6 Å². The molecule has 2 rings (SSSR count). The molecule has 2 aromatic rings. The average Bonchev–Trinajstić information content (AvgIpc) is 2.71. The van der Waals surface area contributed by atoms with E-state index in [0.29, 0.717) is 3.26 Å². The van der Waals surface area contributed by atoms with Gasteiger partial charge in [0.1, 0.15) is 0 Å². The highest BCUT2D eigenvalue weighted by molar-refractivity contribution is 14.1. The number of aromatic nitrogens is 1. The number of fused-ring (bicyclic) bond motifs is 1. The first-order valence-electron chi connectivity index (χ1n) is 4.82. The van der Waals surface area contributed by atoms with E-state index in [1.807, 2.05) is 16.9 Å². The molecule has 0 saturated heterocycles. The first-order chi connectivity index (χ1) is 8.16. The van der Waals surface area contributed by atoms with Crippen LogP contribution in [-0.2, 0) is 0 Å². The maximum absolute atomic E-state index is 4.58. The number of alkyl halides is 1. The fourth-order valence-electron chi connectivity index (χ4n) is 1.05. The van der Waals surface area contributed by atoms with E-state index in [2.05, 4.69) is 59.3 Å². The van der Waals surface area contributed by atoms with Gasteiger partial charge in [-0.25, -0.2) is 4.98 Å². The fraction of sp³-hybridized carbons (Fsp3) is 0.182. The Morgan fingerprint density at radius 1 is 1.47 bits per heavy atom. The van der Waals surface area contributed by atoms with Crippen molar-refractivity contribution in [3.05, 3.63) is 36.4 Å². The largest absolute Gasteiger partial charge is 0.229 e. The second-order valence-electron chi connectivity index (χ2n) is 3.36. The molecule has 1 aromatic heterocycles. The quantitative estimate of drug-likeness (QED) is 0.258. The normalized spacial score (nSPS) is 12.8. The number of nitrogens with zero attached hydrogens (tertiary/aromatic N) is 1. The summed E-state index contributed by atoms with van der Waals surface area (Å²) in [7, 11) is 5.33. The van der Waals surface area contributed by atoms with E-state index in [-0.39, 0.29) is 0 Å². The summed E-state index contributed by atoms with van der Waals surface area (Å²) >= 11 is 4.15. The van der Waals surface area contributed by atoms with Crippen molar-refractivity contribution in [2.75, 3.05) is 0 Å². The summed E-state index contributed by atoms with van der Waals surface area (Å²) in [6, 6.07) is 8.26. The average molecular weight is 411 g/mol. The van der Waals surface area contributed by atoms with E-state index in [0.717, 1.165) is 9.86 Å². The Hall–Kier alpha value is 0.630. The molecule has 0 saturated carbocycles. The third kappa shape index (κ3) is 4.05. The van der Waals surface area contributed by atoms with Crippen molar-refractivity contribution in [1.82, 2.24) is 4.98 Å². The second kappa shape index (κ2) is 6.70. The number of thiazole rings is 1. The van der Waals surface area contributed by atoms with E-state index in [1.165, 1.54) is 10.3 Å². The lowest BCUT2D eigenvalue weighted by atomic mass is 10.3. The highest BCUT2D eigenvalue weighted by Gasteiger charge is 2.08. The van der Waals surface area contributed by atoms with Crippen LogP contribution in [0.25, 0.3) is 10.2 Å². The summed E-state index contributed by atoms with van der Waals surface area (Å²) in [5.74, 6) is 0. The lowest BCUT2D eigenvalue weighted by Gasteiger charge is -2.05. The number of benzene rings is 1. The topological polar surface area (TPSA) is 12.9 Å². The molecule has 0 radical (unpaired) electrons. The van der Waals surface area contributed by atoms with Crippen LogP contribution in [0.1, 0.15) is 6.92 Å². The molecule has 0 bridgehead atoms. The highest BCUT2D eigenvalue weighted by Crippen LogP contribution is 2.47. The molecule has 1 unspecified atom stereocenters. The Kier molecular flexibility index (Phi) is 5.53. The number of halogens is 1. The Balaban J connectivity index is 1.93. The van der Waals surface area contributed by atoms with Crippen LogP contribution in [0, 0.1) is 0 Å². The molecule has 90 valence electrons. The van der Waals surface area contributed by atoms with Crippen molar-refractivity contribution < 1.29 is 0 Å². The molecule has 1 heterocycles. The van der Waals surface area contributed by atoms with Crippen LogP contribution in [0.2, 0.25) is 0 Å². The van der Waals surface area contributed by atoms with Gasteiger partial charge in [-0.05, 0) is 39.7 Å². The van der Waals surface area contributed by atoms with Crippen LogP contribution in [0.5, 0.6) is 0 Å². The zero-order valence-electron chi connectivity index (χ0n) is 9.05. The number of para-hydroxylation sites is 1. The second-order valence-corrected chi connectivity index (χ2v) is 10.8. The van der Waals surface area contributed by atoms with Crippen LogP contribution in [0.3, 0.4) is 0 Å². The maximum Gasteiger partial charge on any atom is 0.162 e. The zero-order chi connectivity index (χ0) is 12.3. The molecular weight excluding hydrogens is 401 g/mol. The van der Waals surface area contributed by atoms with Crippen molar-refractivity contribution in [2.24, 2.45) is 0 Å². The summed E-state index contributed by atoms with van der Waals surface area (Å²) in [4.78, 5) is 4.58. The SMILES string of the molecule is C=C(C)C(I)SSSc1nc2ccccc2s1. The lowest BCUT2D eigenvalue weighted by molar-refractivity contribution is 1.31. The van der Waals surface area contributed by atoms with Gasteiger partial charge in [-0.15, -0.1) is 11.3 Å². The van der Waals surface area contributed by atoms with E-state index < -0.39 is 0 Å². The number of rotatable bonds is 5. The van der Waals surface area contributed by atoms with Gasteiger partial charge in [0.25, 0.3) is 0 Å². The molecule has 0 amide bonds. The summed E-state index contributed by atoms with van der Waals surface area (Å²) in [5.41, 5.74) is 2.30. The minimum atomic E-state index is 0.458. The smallest absolute Gasteiger partial charge is 0.162 e. The van der Waals surface area contributed by atoms with Crippen LogP contribution in [0.15, 0.2) is 40.8 Å². The van der Waals surface area contributed by atoms with Gasteiger partial charge in [0.15, 0.2) is 4.34 Å². The zero-order valence-corrected chi connectivity index (χ0v) is 14.5. The van der Waals surface area contributed by atoms with Gasteiger partial charge in [0.2, 0.25) is 0 Å². The Labute approximate surface area is 130 Å². The van der Waals surface area contributed by atoms with Crippen LogP contribution >= 0.6 is 65.3 Å². The molecule has 17 heavy (non-hydrogen) atoms. The Morgan fingerprint density at radius 3 is 2.94 bits per heavy atom. The van der Waals surface area contributed by atoms with Crippen molar-refractivity contribution in [3.63, 3.8) is 0 Å². The standard InChI is InChI=1S/C11H10INS4/c1-7(2)10(12)15-17-16-11-13-8-5-3-4-6-9(8)14-11/h3-6,10H,1H2,2H3. The molecule has 0 fully saturated rings. The molecule has 0 spiro atoms. The third-order valence-electron chi connectivity index (χ3n) is 1.89. The Bertz CT molecular complexity index is 492. The molecule has 1 atom stereocenters. The van der Waals surface area contributed by atoms with Gasteiger partial charge < -0.3 is 0 Å². The minimum Gasteiger partial charge on any atom is -0.229 e. The lowest BCUT2D eigenvalue weighted by Crippen LogP contribution is -1.86. The molecule has 0 aliphatic rings. The molecule has 1 aromatic carbocycles. The predicted molar refractivity (Wildman–Crippen MR) is 93.3 cm³/mol. The monoisotopic (exact) mass is 411 g/mol. The van der Waals surface area contributed by atoms with Crippen molar-refractivity contribution in [2.45, 2.75) is 14.5 Å². The molecule has 6 heteroatoms. The number of hydrogen-bond acceptors (Lipinski definition) is 5. The van der Waals surface area contributed by atoms with Crippen LogP contribution < -0.4 is 0 Å². The summed E-state index contributed by atoms with van der Waals surface area (Å²) in [6.45, 7) is 6.01. The van der Waals surface area contributed by atoms with Gasteiger partial charge in [0.05, 0.1) is 13.5 Å². The van der Waals surface area contributed by atoms with Crippen molar-refractivity contribution in [3.8, 4) is 0 Å². The summed E-state index contributed by atoms with van der Waals surface area (Å²) in [5, 5.41) is 0. The molecule has 1 nitrogen and oxygen atoms in total. The molecule has 0 aliphatic heterocycles. The van der Waals surface area contributed by atoms with Crippen molar-refractivity contribution in [1.29, 1.82) is 0 Å². The maximum atomic E-state index is 4.58. The van der Waals surface area contributed by atoms with Crippen LogP contribution in [-0.4, -0.2) is 8.24 Å². The fourth-order valence-corrected chi connectivity index (χ4v) is 8.57. The summed E-state index contributed by atoms with van der Waals surface area (Å²) in [6.07, 6.45) is 0. The predicted octanol–water partition coefficient (Wildman–Crippen LogP) is 6.02. The highest BCUT2D eigenvalue weighted by atomic mass is 127. The van der Waals surface area contributed by atoms with Gasteiger partial charge in [-0.2, -0.15) is 0 Å². The molecular formula is C11H10INS4. The summed E-state index contributed by atoms with van der Waals surface area (Å²) < 4.78 is 2.83. The molecule has 0 aliphatic carbocycles. The number of hydrogen-bond donors (Lipinski definition) is 0. The van der Waals surface area contributed by atoms with E-state index in [1.54, 1.807) is 32.0 Å². The first-order valence-corrected chi connectivity index (χ1v) is 10.4. The van der Waals surface area contributed by atoms with Gasteiger partial charge in [0, 0.05) is 0 Å². The first kappa shape index (κ1) is 14.0. The van der Waals surface area contributed by atoms with Crippen LogP contribution in [0.4, 0.5) is 0 Å². The van der Waals surface area contributed by atoms with E-state index in [4.69, 9.17) is 0 Å². The molecule has 0 N–H and O–H groups in total. The van der Waals surface area contributed by atoms with Gasteiger partial charge in [-0.1, -0.05) is 57.7 Å². The minimum absolute atomic E-state index is 0.458. The third-order valence-corrected chi connectivity index (χ3v) is 10.2. The van der Waals surface area contributed by atoms with Gasteiger partial charge >= 0.3 is 0 Å². The van der Waals surface area contributed by atoms with Gasteiger partial charge in [-0.3, -0.25) is 0 Å².